The summed E-state index contributed by atoms with van der Waals surface area (Å²) in [6.07, 6.45) is 1.09. The minimum atomic E-state index is 0.175. The second kappa shape index (κ2) is 3.95. The van der Waals surface area contributed by atoms with E-state index in [4.69, 9.17) is 5.73 Å². The van der Waals surface area contributed by atoms with Crippen LogP contribution in [0.2, 0.25) is 0 Å². The van der Waals surface area contributed by atoms with Gasteiger partial charge in [-0.2, -0.15) is 0 Å². The fourth-order valence-corrected chi connectivity index (χ4v) is 2.39. The topological polar surface area (TPSA) is 29.3 Å². The Morgan fingerprint density at radius 3 is 2.60 bits per heavy atom. The highest BCUT2D eigenvalue weighted by atomic mass is 15.2. The van der Waals surface area contributed by atoms with Crippen molar-refractivity contribution in [2.75, 3.05) is 7.05 Å². The van der Waals surface area contributed by atoms with Crippen molar-refractivity contribution in [2.45, 2.75) is 38.4 Å². The molecule has 0 bridgehead atoms. The summed E-state index contributed by atoms with van der Waals surface area (Å²) in [5.41, 5.74) is 9.04. The molecule has 2 unspecified atom stereocenters. The van der Waals surface area contributed by atoms with E-state index < -0.39 is 0 Å². The van der Waals surface area contributed by atoms with Crippen LogP contribution in [0.15, 0.2) is 24.3 Å². The highest BCUT2D eigenvalue weighted by Crippen LogP contribution is 2.32. The largest absolute Gasteiger partial charge is 0.323 e. The molecule has 2 atom stereocenters. The number of fused-ring (bicyclic) bond motifs is 1. The van der Waals surface area contributed by atoms with Crippen LogP contribution in [0.25, 0.3) is 0 Å². The summed E-state index contributed by atoms with van der Waals surface area (Å²) in [4.78, 5) is 2.38. The Bertz CT molecular complexity index is 346. The van der Waals surface area contributed by atoms with Gasteiger partial charge in [-0.3, -0.25) is 4.90 Å². The third-order valence-corrected chi connectivity index (χ3v) is 3.60. The van der Waals surface area contributed by atoms with Crippen molar-refractivity contribution < 1.29 is 0 Å². The molecule has 1 aliphatic rings. The zero-order chi connectivity index (χ0) is 11.0. The molecule has 82 valence electrons. The first-order valence-electron chi connectivity index (χ1n) is 5.66. The zero-order valence-corrected chi connectivity index (χ0v) is 9.77. The molecule has 0 saturated carbocycles. The molecule has 0 aliphatic heterocycles. The van der Waals surface area contributed by atoms with Crippen LogP contribution >= 0.6 is 0 Å². The van der Waals surface area contributed by atoms with Crippen LogP contribution in [0.1, 0.15) is 31.0 Å². The molecule has 0 saturated heterocycles. The van der Waals surface area contributed by atoms with E-state index in [0.29, 0.717) is 12.1 Å². The molecule has 0 radical (unpaired) electrons. The normalized spacial score (nSPS) is 24.9. The van der Waals surface area contributed by atoms with Gasteiger partial charge < -0.3 is 5.73 Å². The molecule has 0 amide bonds. The molecule has 0 fully saturated rings. The maximum absolute atomic E-state index is 6.29. The van der Waals surface area contributed by atoms with E-state index in [1.54, 1.807) is 0 Å². The van der Waals surface area contributed by atoms with E-state index in [9.17, 15) is 0 Å². The van der Waals surface area contributed by atoms with Crippen LogP contribution in [0.5, 0.6) is 0 Å². The minimum Gasteiger partial charge on any atom is -0.323 e. The summed E-state index contributed by atoms with van der Waals surface area (Å²) < 4.78 is 0. The molecule has 0 aromatic heterocycles. The van der Waals surface area contributed by atoms with Crippen LogP contribution in [0.3, 0.4) is 0 Å². The lowest BCUT2D eigenvalue weighted by molar-refractivity contribution is 0.179. The van der Waals surface area contributed by atoms with Crippen molar-refractivity contribution in [2.24, 2.45) is 5.73 Å². The highest BCUT2D eigenvalue weighted by Gasteiger charge is 2.32. The fourth-order valence-electron chi connectivity index (χ4n) is 2.39. The number of benzene rings is 1. The van der Waals surface area contributed by atoms with Crippen LogP contribution in [0, 0.1) is 0 Å². The van der Waals surface area contributed by atoms with Gasteiger partial charge in [-0.15, -0.1) is 0 Å². The molecule has 2 nitrogen and oxygen atoms in total. The average Bonchev–Trinajstić information content (AvgIpc) is 2.56. The molecule has 2 heteroatoms. The highest BCUT2D eigenvalue weighted by molar-refractivity contribution is 5.36. The third kappa shape index (κ3) is 1.80. The summed E-state index contributed by atoms with van der Waals surface area (Å²) in [6, 6.07) is 9.73. The smallest absolute Gasteiger partial charge is 0.0459 e. The van der Waals surface area contributed by atoms with Crippen LogP contribution in [-0.2, 0) is 6.42 Å². The Kier molecular flexibility index (Phi) is 2.81. The third-order valence-electron chi connectivity index (χ3n) is 3.60. The predicted molar refractivity (Wildman–Crippen MR) is 63.8 cm³/mol. The first kappa shape index (κ1) is 10.7. The SMILES string of the molecule is CC(C)N(C)C1Cc2ccccc2C1N. The van der Waals surface area contributed by atoms with E-state index in [2.05, 4.69) is 50.1 Å². The molecule has 1 aromatic carbocycles. The molecule has 2 rings (SSSR count). The van der Waals surface area contributed by atoms with Gasteiger partial charge in [0, 0.05) is 18.1 Å². The maximum Gasteiger partial charge on any atom is 0.0459 e. The van der Waals surface area contributed by atoms with Crippen molar-refractivity contribution in [1.82, 2.24) is 4.90 Å². The van der Waals surface area contributed by atoms with Crippen LogP contribution in [0.4, 0.5) is 0 Å². The van der Waals surface area contributed by atoms with Crippen molar-refractivity contribution in [3.05, 3.63) is 35.4 Å². The minimum absolute atomic E-state index is 0.175. The Balaban J connectivity index is 2.23. The summed E-state index contributed by atoms with van der Waals surface area (Å²) in [5.74, 6) is 0. The Morgan fingerprint density at radius 1 is 1.33 bits per heavy atom. The Labute approximate surface area is 92.1 Å². The second-order valence-electron chi connectivity index (χ2n) is 4.76. The van der Waals surface area contributed by atoms with Gasteiger partial charge in [0.15, 0.2) is 0 Å². The maximum atomic E-state index is 6.29. The molecule has 2 N–H and O–H groups in total. The number of likely N-dealkylation sites (N-methyl/N-ethyl adjacent to an activating group) is 1. The standard InChI is InChI=1S/C13H20N2/c1-9(2)15(3)12-8-10-6-4-5-7-11(10)13(12)14/h4-7,9,12-13H,8,14H2,1-3H3. The van der Waals surface area contributed by atoms with Gasteiger partial charge in [0.25, 0.3) is 0 Å². The van der Waals surface area contributed by atoms with Gasteiger partial charge in [-0.1, -0.05) is 24.3 Å². The van der Waals surface area contributed by atoms with E-state index in [1.807, 2.05) is 0 Å². The van der Waals surface area contributed by atoms with Gasteiger partial charge in [0.1, 0.15) is 0 Å². The number of hydrogen-bond donors (Lipinski definition) is 1. The molecule has 0 spiro atoms. The van der Waals surface area contributed by atoms with Crippen molar-refractivity contribution >= 4 is 0 Å². The average molecular weight is 204 g/mol. The zero-order valence-electron chi connectivity index (χ0n) is 9.77. The lowest BCUT2D eigenvalue weighted by Gasteiger charge is -2.31. The Morgan fingerprint density at radius 2 is 2.00 bits per heavy atom. The number of rotatable bonds is 2. The van der Waals surface area contributed by atoms with Crippen molar-refractivity contribution in [3.8, 4) is 0 Å². The first-order valence-corrected chi connectivity index (χ1v) is 5.66. The molecular formula is C13H20N2. The van der Waals surface area contributed by atoms with E-state index in [1.165, 1.54) is 11.1 Å². The summed E-state index contributed by atoms with van der Waals surface area (Å²) in [7, 11) is 2.17. The first-order chi connectivity index (χ1) is 7.11. The van der Waals surface area contributed by atoms with Gasteiger partial charge >= 0.3 is 0 Å². The molecule has 0 heterocycles. The van der Waals surface area contributed by atoms with Crippen molar-refractivity contribution in [3.63, 3.8) is 0 Å². The number of hydrogen-bond acceptors (Lipinski definition) is 2. The second-order valence-corrected chi connectivity index (χ2v) is 4.76. The van der Waals surface area contributed by atoms with Gasteiger partial charge in [0.05, 0.1) is 0 Å². The lowest BCUT2D eigenvalue weighted by Crippen LogP contribution is -2.42. The lowest BCUT2D eigenvalue weighted by atomic mass is 10.1. The summed E-state index contributed by atoms with van der Waals surface area (Å²) in [5, 5.41) is 0. The van der Waals surface area contributed by atoms with E-state index in [0.717, 1.165) is 6.42 Å². The number of nitrogens with two attached hydrogens (primary N) is 1. The summed E-state index contributed by atoms with van der Waals surface area (Å²) >= 11 is 0. The van der Waals surface area contributed by atoms with Crippen molar-refractivity contribution in [1.29, 1.82) is 0 Å². The molecule has 1 aliphatic carbocycles. The Hall–Kier alpha value is -0.860. The molecule has 15 heavy (non-hydrogen) atoms. The van der Waals surface area contributed by atoms with Gasteiger partial charge in [-0.25, -0.2) is 0 Å². The van der Waals surface area contributed by atoms with Crippen LogP contribution in [-0.4, -0.2) is 24.0 Å². The van der Waals surface area contributed by atoms with Crippen LogP contribution < -0.4 is 5.73 Å². The van der Waals surface area contributed by atoms with E-state index in [-0.39, 0.29) is 6.04 Å². The number of nitrogens with zero attached hydrogens (tertiary/aromatic N) is 1. The van der Waals surface area contributed by atoms with Gasteiger partial charge in [0.2, 0.25) is 0 Å². The molecule has 1 aromatic rings. The predicted octanol–water partition coefficient (Wildman–Crippen LogP) is 1.95. The van der Waals surface area contributed by atoms with E-state index >= 15 is 0 Å². The quantitative estimate of drug-likeness (QED) is 0.798. The monoisotopic (exact) mass is 204 g/mol. The van der Waals surface area contributed by atoms with Gasteiger partial charge in [-0.05, 0) is 38.4 Å². The molecular weight excluding hydrogens is 184 g/mol. The fraction of sp³-hybridized carbons (Fsp3) is 0.538. The summed E-state index contributed by atoms with van der Waals surface area (Å²) in [6.45, 7) is 4.44.